The van der Waals surface area contributed by atoms with E-state index in [1.54, 1.807) is 29.3 Å². The molecular formula is C35H37N5O5. The van der Waals surface area contributed by atoms with Crippen molar-refractivity contribution in [2.24, 2.45) is 0 Å². The molecule has 1 N–H and O–H groups in total. The van der Waals surface area contributed by atoms with E-state index in [-0.39, 0.29) is 17.9 Å². The van der Waals surface area contributed by atoms with Crippen molar-refractivity contribution < 1.29 is 23.8 Å². The van der Waals surface area contributed by atoms with E-state index in [0.29, 0.717) is 48.8 Å². The van der Waals surface area contributed by atoms with Crippen LogP contribution in [0.15, 0.2) is 91.3 Å². The summed E-state index contributed by atoms with van der Waals surface area (Å²) < 4.78 is 17.3. The van der Waals surface area contributed by atoms with E-state index < -0.39 is 6.09 Å². The number of hydrogen-bond donors (Lipinski definition) is 1. The van der Waals surface area contributed by atoms with E-state index in [1.807, 2.05) is 60.7 Å². The van der Waals surface area contributed by atoms with Crippen molar-refractivity contribution >= 4 is 17.7 Å². The third-order valence-electron chi connectivity index (χ3n) is 7.94. The first-order chi connectivity index (χ1) is 22.1. The highest BCUT2D eigenvalue weighted by Crippen LogP contribution is 2.25. The lowest BCUT2D eigenvalue weighted by Crippen LogP contribution is -2.43. The minimum Gasteiger partial charge on any atom is -0.490 e. The summed E-state index contributed by atoms with van der Waals surface area (Å²) in [5, 5.41) is 2.86. The molecule has 0 unspecified atom stereocenters. The Hall–Kier alpha value is -4.96. The normalized spacial score (nSPS) is 15.7. The van der Waals surface area contributed by atoms with Gasteiger partial charge in [-0.2, -0.15) is 0 Å². The molecule has 2 aromatic carbocycles. The summed E-state index contributed by atoms with van der Waals surface area (Å²) in [6, 6.07) is 23.9. The topological polar surface area (TPSA) is 106 Å². The Labute approximate surface area is 263 Å². The van der Waals surface area contributed by atoms with Crippen LogP contribution in [0, 0.1) is 0 Å². The number of nitrogens with one attached hydrogen (secondary N) is 1. The van der Waals surface area contributed by atoms with Gasteiger partial charge in [-0.1, -0.05) is 24.6 Å². The van der Waals surface area contributed by atoms with Crippen LogP contribution < -0.4 is 19.5 Å². The molecule has 2 aliphatic rings. The van der Waals surface area contributed by atoms with E-state index in [9.17, 15) is 9.59 Å². The van der Waals surface area contributed by atoms with Gasteiger partial charge in [-0.25, -0.2) is 14.8 Å². The molecule has 10 heteroatoms. The molecule has 2 aliphatic heterocycles. The monoisotopic (exact) mass is 607 g/mol. The number of amides is 2. The van der Waals surface area contributed by atoms with Crippen molar-refractivity contribution in [3.8, 4) is 23.3 Å². The number of pyridine rings is 2. The summed E-state index contributed by atoms with van der Waals surface area (Å²) in [6.07, 6.45) is 7.87. The molecular weight excluding hydrogens is 570 g/mol. The molecule has 10 nitrogen and oxygen atoms in total. The van der Waals surface area contributed by atoms with Gasteiger partial charge in [0.15, 0.2) is 0 Å². The fraction of sp³-hybridized carbons (Fsp3) is 0.314. The SMILES string of the molecule is O=C(Nc1ccc(OC(=O)N2CCC(Oc3ccc(Oc4ccccn4)cc3)CC2)nc1)c1ccc(CN2CCCCC2)cc1. The van der Waals surface area contributed by atoms with Crippen LogP contribution in [0.3, 0.4) is 0 Å². The number of nitrogens with zero attached hydrogens (tertiary/aromatic N) is 4. The highest BCUT2D eigenvalue weighted by molar-refractivity contribution is 6.04. The number of ether oxygens (including phenoxy) is 3. The molecule has 0 radical (unpaired) electrons. The molecule has 0 saturated carbocycles. The largest absolute Gasteiger partial charge is 0.490 e. The molecule has 2 saturated heterocycles. The van der Waals surface area contributed by atoms with E-state index in [4.69, 9.17) is 14.2 Å². The number of rotatable bonds is 9. The predicted octanol–water partition coefficient (Wildman–Crippen LogP) is 6.55. The van der Waals surface area contributed by atoms with Crippen LogP contribution in [0.4, 0.5) is 10.5 Å². The highest BCUT2D eigenvalue weighted by atomic mass is 16.6. The predicted molar refractivity (Wildman–Crippen MR) is 170 cm³/mol. The third kappa shape index (κ3) is 8.57. The second-order valence-corrected chi connectivity index (χ2v) is 11.3. The van der Waals surface area contributed by atoms with E-state index in [2.05, 4.69) is 20.2 Å². The molecule has 2 aromatic heterocycles. The minimum absolute atomic E-state index is 0.0106. The van der Waals surface area contributed by atoms with Crippen molar-refractivity contribution in [2.75, 3.05) is 31.5 Å². The second-order valence-electron chi connectivity index (χ2n) is 11.3. The quantitative estimate of drug-likeness (QED) is 0.228. The zero-order valence-corrected chi connectivity index (χ0v) is 25.1. The first-order valence-corrected chi connectivity index (χ1v) is 15.5. The van der Waals surface area contributed by atoms with Gasteiger partial charge in [0.2, 0.25) is 11.8 Å². The number of piperidine rings is 2. The molecule has 0 atom stereocenters. The number of carbonyl (C=O) groups is 2. The number of benzene rings is 2. The van der Waals surface area contributed by atoms with Crippen molar-refractivity contribution in [3.63, 3.8) is 0 Å². The van der Waals surface area contributed by atoms with E-state index >= 15 is 0 Å². The summed E-state index contributed by atoms with van der Waals surface area (Å²) in [5.41, 5.74) is 2.30. The molecule has 4 heterocycles. The first-order valence-electron chi connectivity index (χ1n) is 15.5. The van der Waals surface area contributed by atoms with Crippen LogP contribution in [-0.4, -0.2) is 64.1 Å². The smallest absolute Gasteiger partial charge is 0.416 e. The standard InChI is InChI=1S/C35H37N5O5/c41-34(27-9-7-26(8-10-27)25-39-20-4-1-5-21-39)38-28-11-16-33(37-24-28)45-35(42)40-22-17-31(18-23-40)43-29-12-14-30(15-13-29)44-32-6-2-3-19-36-32/h2-3,6-16,19,24,31H,1,4-5,17-18,20-23,25H2,(H,38,41). The van der Waals surface area contributed by atoms with Gasteiger partial charge in [-0.15, -0.1) is 0 Å². The number of hydrogen-bond acceptors (Lipinski definition) is 8. The number of carbonyl (C=O) groups excluding carboxylic acids is 2. The van der Waals surface area contributed by atoms with Crippen molar-refractivity contribution in [1.29, 1.82) is 0 Å². The molecule has 0 aliphatic carbocycles. The fourth-order valence-electron chi connectivity index (χ4n) is 5.47. The van der Waals surface area contributed by atoms with Crippen LogP contribution in [-0.2, 0) is 6.54 Å². The highest BCUT2D eigenvalue weighted by Gasteiger charge is 2.25. The van der Waals surface area contributed by atoms with Crippen LogP contribution in [0.2, 0.25) is 0 Å². The first kappa shape index (κ1) is 30.1. The Kier molecular flexibility index (Phi) is 9.81. The van der Waals surface area contributed by atoms with Crippen LogP contribution in [0.5, 0.6) is 23.3 Å². The van der Waals surface area contributed by atoms with Gasteiger partial charge in [0.1, 0.15) is 17.6 Å². The summed E-state index contributed by atoms with van der Waals surface area (Å²) in [4.78, 5) is 38.0. The minimum atomic E-state index is -0.460. The molecule has 0 spiro atoms. The molecule has 2 amide bonds. The maximum atomic E-state index is 12.8. The molecule has 232 valence electrons. The summed E-state index contributed by atoms with van der Waals surface area (Å²) >= 11 is 0. The maximum Gasteiger partial charge on any atom is 0.416 e. The summed E-state index contributed by atoms with van der Waals surface area (Å²) in [7, 11) is 0. The molecule has 6 rings (SSSR count). The number of aromatic nitrogens is 2. The van der Waals surface area contributed by atoms with Crippen molar-refractivity contribution in [2.45, 2.75) is 44.8 Å². The van der Waals surface area contributed by atoms with Gasteiger partial charge >= 0.3 is 6.09 Å². The fourth-order valence-corrected chi connectivity index (χ4v) is 5.47. The van der Waals surface area contributed by atoms with Gasteiger partial charge in [-0.3, -0.25) is 9.69 Å². The Bertz CT molecular complexity index is 1530. The van der Waals surface area contributed by atoms with Crippen LogP contribution in [0.25, 0.3) is 0 Å². The van der Waals surface area contributed by atoms with Gasteiger partial charge in [-0.05, 0) is 80.0 Å². The third-order valence-corrected chi connectivity index (χ3v) is 7.94. The molecule has 45 heavy (non-hydrogen) atoms. The Morgan fingerprint density at radius 2 is 1.53 bits per heavy atom. The summed E-state index contributed by atoms with van der Waals surface area (Å²) in [5.74, 6) is 1.90. The zero-order chi connectivity index (χ0) is 30.8. The van der Waals surface area contributed by atoms with E-state index in [1.165, 1.54) is 31.0 Å². The Morgan fingerprint density at radius 1 is 0.778 bits per heavy atom. The maximum absolute atomic E-state index is 12.8. The van der Waals surface area contributed by atoms with Gasteiger partial charge in [0.25, 0.3) is 5.91 Å². The van der Waals surface area contributed by atoms with Gasteiger partial charge < -0.3 is 24.4 Å². The van der Waals surface area contributed by atoms with Gasteiger partial charge in [0.05, 0.1) is 11.9 Å². The Balaban J connectivity index is 0.919. The summed E-state index contributed by atoms with van der Waals surface area (Å²) in [6.45, 7) is 4.20. The molecule has 2 fully saturated rings. The van der Waals surface area contributed by atoms with Crippen LogP contribution in [0.1, 0.15) is 48.0 Å². The molecule has 0 bridgehead atoms. The lowest BCUT2D eigenvalue weighted by Gasteiger charge is -2.31. The van der Waals surface area contributed by atoms with Crippen molar-refractivity contribution in [3.05, 3.63) is 102 Å². The number of anilines is 1. The lowest BCUT2D eigenvalue weighted by molar-refractivity contribution is 0.0922. The lowest BCUT2D eigenvalue weighted by atomic mass is 10.1. The average Bonchev–Trinajstić information content (AvgIpc) is 3.08. The number of likely N-dealkylation sites (tertiary alicyclic amines) is 2. The Morgan fingerprint density at radius 3 is 2.22 bits per heavy atom. The second kappa shape index (κ2) is 14.7. The van der Waals surface area contributed by atoms with Crippen LogP contribution >= 0.6 is 0 Å². The van der Waals surface area contributed by atoms with Crippen molar-refractivity contribution in [1.82, 2.24) is 19.8 Å². The van der Waals surface area contributed by atoms with Gasteiger partial charge in [0, 0.05) is 56.4 Å². The molecule has 4 aromatic rings. The zero-order valence-electron chi connectivity index (χ0n) is 25.1. The average molecular weight is 608 g/mol. The van der Waals surface area contributed by atoms with E-state index in [0.717, 1.165) is 25.4 Å².